The van der Waals surface area contributed by atoms with Gasteiger partial charge in [-0.25, -0.2) is 8.42 Å². The normalized spacial score (nSPS) is 24.1. The molecule has 2 saturated heterocycles. The molecule has 1 aliphatic carbocycles. The molecule has 3 fully saturated rings. The summed E-state index contributed by atoms with van der Waals surface area (Å²) in [6, 6.07) is 6.26. The van der Waals surface area contributed by atoms with Crippen LogP contribution in [-0.4, -0.2) is 57.3 Å². The number of carbonyl (C=O) groups is 2. The number of hydrogen-bond donors (Lipinski definition) is 3. The van der Waals surface area contributed by atoms with Crippen molar-refractivity contribution in [1.29, 1.82) is 0 Å². The Kier molecular flexibility index (Phi) is 6.00. The summed E-state index contributed by atoms with van der Waals surface area (Å²) in [5.74, 6) is -0.343. The standard InChI is InChI=1S/C18H24N4O4S.ClH/c23-16-12-22(9-8-20-16)27(25,26)14-3-1-2-13(10-14)21-17(24)15-11-18(15)4-6-19-7-5-18;/h1-3,10,15,19H,4-9,11-12H2,(H,20,23)(H,21,24);1H. The van der Waals surface area contributed by atoms with Gasteiger partial charge in [-0.2, -0.15) is 4.31 Å². The average Bonchev–Trinajstić information content (AvgIpc) is 3.35. The molecule has 2 amide bonds. The van der Waals surface area contributed by atoms with Crippen LogP contribution in [0, 0.1) is 11.3 Å². The quantitative estimate of drug-likeness (QED) is 0.649. The molecule has 1 aromatic rings. The highest BCUT2D eigenvalue weighted by atomic mass is 35.5. The number of hydrogen-bond acceptors (Lipinski definition) is 5. The monoisotopic (exact) mass is 428 g/mol. The summed E-state index contributed by atoms with van der Waals surface area (Å²) in [6.45, 7) is 2.25. The molecule has 1 atom stereocenters. The summed E-state index contributed by atoms with van der Waals surface area (Å²) in [7, 11) is -3.77. The molecule has 8 nitrogen and oxygen atoms in total. The minimum atomic E-state index is -3.77. The van der Waals surface area contributed by atoms with E-state index in [0.717, 1.165) is 36.7 Å². The fraction of sp³-hybridized carbons (Fsp3) is 0.556. The van der Waals surface area contributed by atoms with Gasteiger partial charge in [-0.15, -0.1) is 12.4 Å². The maximum absolute atomic E-state index is 12.8. The van der Waals surface area contributed by atoms with Gasteiger partial charge < -0.3 is 16.0 Å². The van der Waals surface area contributed by atoms with Crippen molar-refractivity contribution in [1.82, 2.24) is 14.9 Å². The van der Waals surface area contributed by atoms with E-state index in [9.17, 15) is 18.0 Å². The Hall–Kier alpha value is -1.68. The van der Waals surface area contributed by atoms with Gasteiger partial charge in [0.1, 0.15) is 0 Å². The van der Waals surface area contributed by atoms with Gasteiger partial charge in [0.05, 0.1) is 11.4 Å². The zero-order valence-corrected chi connectivity index (χ0v) is 17.1. The van der Waals surface area contributed by atoms with Gasteiger partial charge in [0, 0.05) is 24.7 Å². The van der Waals surface area contributed by atoms with Crippen LogP contribution in [0.4, 0.5) is 5.69 Å². The van der Waals surface area contributed by atoms with Crippen LogP contribution in [0.5, 0.6) is 0 Å². The molecule has 0 aromatic heterocycles. The van der Waals surface area contributed by atoms with Crippen LogP contribution in [0.15, 0.2) is 29.2 Å². The minimum Gasteiger partial charge on any atom is -0.354 e. The number of sulfonamides is 1. The van der Waals surface area contributed by atoms with Crippen molar-refractivity contribution in [3.8, 4) is 0 Å². The highest BCUT2D eigenvalue weighted by Gasteiger charge is 2.57. The van der Waals surface area contributed by atoms with Crippen molar-refractivity contribution in [2.75, 3.05) is 38.0 Å². The van der Waals surface area contributed by atoms with Crippen molar-refractivity contribution < 1.29 is 18.0 Å². The second kappa shape index (κ2) is 7.98. The third kappa shape index (κ3) is 4.03. The Bertz CT molecular complexity index is 870. The molecule has 2 aliphatic heterocycles. The van der Waals surface area contributed by atoms with E-state index >= 15 is 0 Å². The summed E-state index contributed by atoms with van der Waals surface area (Å²) in [5.41, 5.74) is 0.596. The molecule has 0 radical (unpaired) electrons. The number of piperidine rings is 1. The van der Waals surface area contributed by atoms with Gasteiger partial charge in [0.2, 0.25) is 21.8 Å². The molecular formula is C18H25ClN4O4S. The predicted molar refractivity (Wildman–Crippen MR) is 107 cm³/mol. The van der Waals surface area contributed by atoms with Crippen LogP contribution in [0.3, 0.4) is 0 Å². The summed E-state index contributed by atoms with van der Waals surface area (Å²) in [4.78, 5) is 24.2. The van der Waals surface area contributed by atoms with E-state index in [1.165, 1.54) is 12.1 Å². The van der Waals surface area contributed by atoms with Gasteiger partial charge >= 0.3 is 0 Å². The Morgan fingerprint density at radius 1 is 1.21 bits per heavy atom. The molecule has 3 N–H and O–H groups in total. The topological polar surface area (TPSA) is 108 Å². The lowest BCUT2D eigenvalue weighted by Gasteiger charge is -2.26. The Labute approximate surface area is 170 Å². The number of nitrogens with one attached hydrogen (secondary N) is 3. The molecule has 1 spiro atoms. The largest absolute Gasteiger partial charge is 0.354 e. The van der Waals surface area contributed by atoms with Crippen LogP contribution < -0.4 is 16.0 Å². The SMILES string of the molecule is Cl.O=C1CN(S(=O)(=O)c2cccc(NC(=O)C3CC34CCNCC4)c2)CCN1. The summed E-state index contributed by atoms with van der Waals surface area (Å²) in [5, 5.41) is 8.81. The minimum absolute atomic E-state index is 0. The summed E-state index contributed by atoms with van der Waals surface area (Å²) in [6.07, 6.45) is 2.93. The Morgan fingerprint density at radius 2 is 1.96 bits per heavy atom. The zero-order chi connectivity index (χ0) is 19.1. The second-order valence-corrected chi connectivity index (χ2v) is 9.51. The van der Waals surface area contributed by atoms with Crippen molar-refractivity contribution in [2.45, 2.75) is 24.2 Å². The fourth-order valence-electron chi connectivity index (χ4n) is 4.13. The van der Waals surface area contributed by atoms with Gasteiger partial charge in [-0.3, -0.25) is 9.59 Å². The van der Waals surface area contributed by atoms with Crippen LogP contribution in [0.25, 0.3) is 0 Å². The number of piperazine rings is 1. The van der Waals surface area contributed by atoms with Crippen LogP contribution in [-0.2, 0) is 19.6 Å². The first kappa shape index (κ1) is 21.0. The molecule has 1 aromatic carbocycles. The number of halogens is 1. The number of amides is 2. The maximum atomic E-state index is 12.8. The van der Waals surface area contributed by atoms with E-state index in [1.807, 2.05) is 0 Å². The summed E-state index contributed by atoms with van der Waals surface area (Å²) < 4.78 is 26.7. The Balaban J connectivity index is 0.00000225. The molecular weight excluding hydrogens is 404 g/mol. The van der Waals surface area contributed by atoms with Crippen LogP contribution in [0.1, 0.15) is 19.3 Å². The summed E-state index contributed by atoms with van der Waals surface area (Å²) >= 11 is 0. The van der Waals surface area contributed by atoms with Crippen molar-refractivity contribution in [3.05, 3.63) is 24.3 Å². The molecule has 10 heteroatoms. The van der Waals surface area contributed by atoms with E-state index in [1.54, 1.807) is 12.1 Å². The lowest BCUT2D eigenvalue weighted by Crippen LogP contribution is -2.49. The molecule has 1 unspecified atom stereocenters. The average molecular weight is 429 g/mol. The first-order chi connectivity index (χ1) is 12.9. The Morgan fingerprint density at radius 3 is 2.68 bits per heavy atom. The van der Waals surface area contributed by atoms with Crippen molar-refractivity contribution >= 4 is 39.9 Å². The second-order valence-electron chi connectivity index (χ2n) is 7.57. The van der Waals surface area contributed by atoms with Gasteiger partial charge in [0.15, 0.2) is 0 Å². The molecule has 3 aliphatic rings. The lowest BCUT2D eigenvalue weighted by molar-refractivity contribution is -0.122. The number of nitrogens with zero attached hydrogens (tertiary/aromatic N) is 1. The smallest absolute Gasteiger partial charge is 0.243 e. The lowest BCUT2D eigenvalue weighted by atomic mass is 9.92. The zero-order valence-electron chi connectivity index (χ0n) is 15.4. The number of benzene rings is 1. The molecule has 2 heterocycles. The fourth-order valence-corrected chi connectivity index (χ4v) is 5.57. The highest BCUT2D eigenvalue weighted by molar-refractivity contribution is 7.89. The maximum Gasteiger partial charge on any atom is 0.243 e. The van der Waals surface area contributed by atoms with E-state index in [4.69, 9.17) is 0 Å². The van der Waals surface area contributed by atoms with E-state index in [-0.39, 0.29) is 53.5 Å². The van der Waals surface area contributed by atoms with E-state index in [2.05, 4.69) is 16.0 Å². The number of rotatable bonds is 4. The van der Waals surface area contributed by atoms with Crippen molar-refractivity contribution in [2.24, 2.45) is 11.3 Å². The first-order valence-corrected chi connectivity index (χ1v) is 10.7. The highest BCUT2D eigenvalue weighted by Crippen LogP contribution is 2.58. The van der Waals surface area contributed by atoms with E-state index < -0.39 is 10.0 Å². The third-order valence-corrected chi connectivity index (χ3v) is 7.69. The molecule has 154 valence electrons. The molecule has 4 rings (SSSR count). The van der Waals surface area contributed by atoms with Gasteiger partial charge in [-0.1, -0.05) is 6.07 Å². The predicted octanol–water partition coefficient (Wildman–Crippen LogP) is 0.557. The van der Waals surface area contributed by atoms with Crippen molar-refractivity contribution in [3.63, 3.8) is 0 Å². The van der Waals surface area contributed by atoms with Crippen LogP contribution >= 0.6 is 12.4 Å². The van der Waals surface area contributed by atoms with Gasteiger partial charge in [-0.05, 0) is 56.0 Å². The first-order valence-electron chi connectivity index (χ1n) is 9.29. The van der Waals surface area contributed by atoms with Crippen LogP contribution in [0.2, 0.25) is 0 Å². The third-order valence-electron chi connectivity index (χ3n) is 5.85. The number of carbonyl (C=O) groups excluding carboxylic acids is 2. The molecule has 0 bridgehead atoms. The van der Waals surface area contributed by atoms with Gasteiger partial charge in [0.25, 0.3) is 0 Å². The molecule has 1 saturated carbocycles. The molecule has 28 heavy (non-hydrogen) atoms. The van der Waals surface area contributed by atoms with E-state index in [0.29, 0.717) is 12.2 Å². The number of anilines is 1.